The summed E-state index contributed by atoms with van der Waals surface area (Å²) >= 11 is 0. The summed E-state index contributed by atoms with van der Waals surface area (Å²) in [5, 5.41) is 0. The Morgan fingerprint density at radius 1 is 0.600 bits per heavy atom. The summed E-state index contributed by atoms with van der Waals surface area (Å²) in [6.07, 6.45) is 2.34. The first-order chi connectivity index (χ1) is 14.3. The Morgan fingerprint density at radius 3 is 1.40 bits per heavy atom. The molecule has 1 fully saturated rings. The Hall–Kier alpha value is -3.00. The van der Waals surface area contributed by atoms with Crippen molar-refractivity contribution in [2.45, 2.75) is 41.5 Å². The fourth-order valence-corrected chi connectivity index (χ4v) is 5.08. The SMILES string of the molecule is Cc1cc(C)c(N2CCN(c3c(C)cc(C)cc3C)C2=Cc2ccccc2)c(C)c1. The van der Waals surface area contributed by atoms with Crippen LogP contribution in [0, 0.1) is 41.5 Å². The Labute approximate surface area is 181 Å². The van der Waals surface area contributed by atoms with Crippen molar-refractivity contribution in [3.8, 4) is 0 Å². The summed E-state index contributed by atoms with van der Waals surface area (Å²) in [7, 11) is 0. The van der Waals surface area contributed by atoms with Crippen LogP contribution in [0.2, 0.25) is 0 Å². The summed E-state index contributed by atoms with van der Waals surface area (Å²) in [6, 6.07) is 19.9. The molecule has 0 spiro atoms. The zero-order chi connectivity index (χ0) is 21.4. The molecule has 0 bridgehead atoms. The van der Waals surface area contributed by atoms with Crippen LogP contribution in [0.15, 0.2) is 60.4 Å². The van der Waals surface area contributed by atoms with E-state index in [1.807, 2.05) is 0 Å². The molecule has 3 aromatic carbocycles. The molecule has 0 radical (unpaired) electrons. The summed E-state index contributed by atoms with van der Waals surface area (Å²) in [6.45, 7) is 15.3. The molecule has 1 heterocycles. The van der Waals surface area contributed by atoms with Gasteiger partial charge in [0.15, 0.2) is 0 Å². The third kappa shape index (κ3) is 3.75. The van der Waals surface area contributed by atoms with Crippen LogP contribution < -0.4 is 9.80 Å². The standard InChI is InChI=1S/C28H32N2/c1-19-14-21(3)27(22(4)15-19)29-12-13-30(26(29)18-25-10-8-7-9-11-25)28-23(5)16-20(2)17-24(28)6/h7-11,14-18H,12-13H2,1-6H3. The molecule has 0 amide bonds. The molecule has 1 aliphatic rings. The second-order valence-corrected chi connectivity index (χ2v) is 8.71. The third-order valence-electron chi connectivity index (χ3n) is 6.01. The van der Waals surface area contributed by atoms with Crippen molar-refractivity contribution in [1.82, 2.24) is 0 Å². The fraction of sp³-hybridized carbons (Fsp3) is 0.286. The third-order valence-corrected chi connectivity index (χ3v) is 6.01. The van der Waals surface area contributed by atoms with Crippen LogP contribution in [0.3, 0.4) is 0 Å². The number of hydrogen-bond acceptors (Lipinski definition) is 2. The lowest BCUT2D eigenvalue weighted by Gasteiger charge is -2.30. The molecule has 0 saturated carbocycles. The summed E-state index contributed by atoms with van der Waals surface area (Å²) in [5.41, 5.74) is 11.9. The first-order valence-electron chi connectivity index (χ1n) is 10.8. The van der Waals surface area contributed by atoms with Crippen LogP contribution in [0.25, 0.3) is 6.08 Å². The van der Waals surface area contributed by atoms with E-state index in [0.717, 1.165) is 13.1 Å². The first kappa shape index (κ1) is 20.3. The van der Waals surface area contributed by atoms with Gasteiger partial charge in [-0.1, -0.05) is 65.7 Å². The maximum absolute atomic E-state index is 2.51. The molecular formula is C28H32N2. The highest BCUT2D eigenvalue weighted by Gasteiger charge is 2.30. The van der Waals surface area contributed by atoms with Crippen molar-refractivity contribution >= 4 is 17.5 Å². The van der Waals surface area contributed by atoms with E-state index < -0.39 is 0 Å². The highest BCUT2D eigenvalue weighted by molar-refractivity contribution is 5.77. The Bertz CT molecular complexity index is 995. The number of benzene rings is 3. The average Bonchev–Trinajstić information content (AvgIpc) is 3.04. The van der Waals surface area contributed by atoms with Crippen LogP contribution in [0.1, 0.15) is 38.9 Å². The van der Waals surface area contributed by atoms with E-state index in [2.05, 4.69) is 112 Å². The summed E-state index contributed by atoms with van der Waals surface area (Å²) < 4.78 is 0. The van der Waals surface area contributed by atoms with Gasteiger partial charge in [0.1, 0.15) is 5.82 Å². The van der Waals surface area contributed by atoms with Gasteiger partial charge in [0.25, 0.3) is 0 Å². The number of rotatable bonds is 3. The second-order valence-electron chi connectivity index (χ2n) is 8.71. The summed E-state index contributed by atoms with van der Waals surface area (Å²) in [4.78, 5) is 5.02. The minimum Gasteiger partial charge on any atom is -0.325 e. The lowest BCUT2D eigenvalue weighted by atomic mass is 10.0. The maximum atomic E-state index is 2.51. The van der Waals surface area contributed by atoms with E-state index in [9.17, 15) is 0 Å². The molecule has 3 aromatic rings. The lowest BCUT2D eigenvalue weighted by Crippen LogP contribution is -2.25. The van der Waals surface area contributed by atoms with Gasteiger partial charge in [0.2, 0.25) is 0 Å². The molecule has 154 valence electrons. The van der Waals surface area contributed by atoms with E-state index in [1.54, 1.807) is 0 Å². The van der Waals surface area contributed by atoms with Crippen LogP contribution in [-0.4, -0.2) is 13.1 Å². The molecule has 0 atom stereocenters. The van der Waals surface area contributed by atoms with Gasteiger partial charge in [-0.05, 0) is 75.4 Å². The predicted molar refractivity (Wildman–Crippen MR) is 130 cm³/mol. The average molecular weight is 397 g/mol. The highest BCUT2D eigenvalue weighted by atomic mass is 15.4. The number of nitrogens with zero attached hydrogens (tertiary/aromatic N) is 2. The van der Waals surface area contributed by atoms with Crippen molar-refractivity contribution in [1.29, 1.82) is 0 Å². The zero-order valence-corrected chi connectivity index (χ0v) is 19.1. The first-order valence-corrected chi connectivity index (χ1v) is 10.8. The van der Waals surface area contributed by atoms with E-state index in [4.69, 9.17) is 0 Å². The molecule has 0 aliphatic carbocycles. The quantitative estimate of drug-likeness (QED) is 0.477. The minimum atomic E-state index is 0.982. The molecule has 4 rings (SSSR count). The van der Waals surface area contributed by atoms with Gasteiger partial charge >= 0.3 is 0 Å². The van der Waals surface area contributed by atoms with E-state index in [0.29, 0.717) is 0 Å². The second kappa shape index (κ2) is 8.02. The Kier molecular flexibility index (Phi) is 5.42. The molecule has 2 heteroatoms. The molecule has 1 aliphatic heterocycles. The minimum absolute atomic E-state index is 0.982. The smallest absolute Gasteiger partial charge is 0.114 e. The van der Waals surface area contributed by atoms with Crippen LogP contribution in [0.4, 0.5) is 11.4 Å². The number of aryl methyl sites for hydroxylation is 6. The molecule has 30 heavy (non-hydrogen) atoms. The van der Waals surface area contributed by atoms with Crippen LogP contribution in [-0.2, 0) is 0 Å². The van der Waals surface area contributed by atoms with E-state index in [1.165, 1.54) is 56.1 Å². The van der Waals surface area contributed by atoms with E-state index in [-0.39, 0.29) is 0 Å². The maximum Gasteiger partial charge on any atom is 0.114 e. The largest absolute Gasteiger partial charge is 0.325 e. The van der Waals surface area contributed by atoms with Gasteiger partial charge < -0.3 is 9.80 Å². The number of anilines is 2. The van der Waals surface area contributed by atoms with Crippen molar-refractivity contribution in [3.63, 3.8) is 0 Å². The molecular weight excluding hydrogens is 364 g/mol. The molecule has 0 unspecified atom stereocenters. The fourth-order valence-electron chi connectivity index (χ4n) is 5.08. The van der Waals surface area contributed by atoms with Gasteiger partial charge in [0.05, 0.1) is 0 Å². The predicted octanol–water partition coefficient (Wildman–Crippen LogP) is 6.86. The zero-order valence-electron chi connectivity index (χ0n) is 19.1. The number of hydrogen-bond donors (Lipinski definition) is 0. The Morgan fingerprint density at radius 2 is 1.00 bits per heavy atom. The molecule has 0 aromatic heterocycles. The van der Waals surface area contributed by atoms with Gasteiger partial charge in [-0.3, -0.25) is 0 Å². The van der Waals surface area contributed by atoms with Gasteiger partial charge in [-0.2, -0.15) is 0 Å². The Balaban J connectivity index is 1.89. The monoisotopic (exact) mass is 396 g/mol. The van der Waals surface area contributed by atoms with Crippen LogP contribution >= 0.6 is 0 Å². The van der Waals surface area contributed by atoms with Crippen molar-refractivity contribution < 1.29 is 0 Å². The topological polar surface area (TPSA) is 6.48 Å². The normalized spacial score (nSPS) is 13.9. The van der Waals surface area contributed by atoms with Crippen molar-refractivity contribution in [2.24, 2.45) is 0 Å². The summed E-state index contributed by atoms with van der Waals surface area (Å²) in [5.74, 6) is 1.26. The van der Waals surface area contributed by atoms with Crippen molar-refractivity contribution in [3.05, 3.63) is 99.4 Å². The van der Waals surface area contributed by atoms with Crippen LogP contribution in [0.5, 0.6) is 0 Å². The highest BCUT2D eigenvalue weighted by Crippen LogP contribution is 2.38. The van der Waals surface area contributed by atoms with E-state index >= 15 is 0 Å². The lowest BCUT2D eigenvalue weighted by molar-refractivity contribution is 1.01. The molecule has 1 saturated heterocycles. The molecule has 2 nitrogen and oxygen atoms in total. The van der Waals surface area contributed by atoms with Crippen molar-refractivity contribution in [2.75, 3.05) is 22.9 Å². The van der Waals surface area contributed by atoms with Gasteiger partial charge in [0, 0.05) is 24.5 Å². The van der Waals surface area contributed by atoms with Gasteiger partial charge in [-0.15, -0.1) is 0 Å². The molecule has 0 N–H and O–H groups in total. The van der Waals surface area contributed by atoms with Gasteiger partial charge in [-0.25, -0.2) is 0 Å².